The van der Waals surface area contributed by atoms with Gasteiger partial charge in [0, 0.05) is 6.54 Å². The summed E-state index contributed by atoms with van der Waals surface area (Å²) in [5, 5.41) is 0. The van der Waals surface area contributed by atoms with Crippen LogP contribution >= 0.6 is 0 Å². The molecule has 0 fully saturated rings. The minimum atomic E-state index is 0.229. The molecular formula is C15H21N3O. The number of unbranched alkanes of at least 4 members (excludes halogenated alkanes) is 2. The molecule has 0 aliphatic carbocycles. The maximum absolute atomic E-state index is 5.52. The molecule has 1 aromatic heterocycles. The van der Waals surface area contributed by atoms with E-state index in [1.165, 1.54) is 18.4 Å². The summed E-state index contributed by atoms with van der Waals surface area (Å²) in [6.07, 6.45) is 7.67. The molecule has 2 aromatic rings. The Morgan fingerprint density at radius 1 is 1.37 bits per heavy atom. The van der Waals surface area contributed by atoms with E-state index in [4.69, 9.17) is 10.2 Å². The number of hydrogen-bond donors (Lipinski definition) is 1. The van der Waals surface area contributed by atoms with E-state index in [9.17, 15) is 0 Å². The summed E-state index contributed by atoms with van der Waals surface area (Å²) in [7, 11) is 0. The van der Waals surface area contributed by atoms with Gasteiger partial charge in [-0.15, -0.1) is 0 Å². The number of nitrogens with two attached hydrogens (primary N) is 1. The van der Waals surface area contributed by atoms with Gasteiger partial charge in [-0.25, -0.2) is 0 Å². The van der Waals surface area contributed by atoms with Crippen LogP contribution in [0.5, 0.6) is 0 Å². The van der Waals surface area contributed by atoms with Crippen LogP contribution < -0.4 is 5.73 Å². The van der Waals surface area contributed by atoms with Crippen LogP contribution in [0.15, 0.2) is 27.6 Å². The van der Waals surface area contributed by atoms with E-state index in [1.54, 1.807) is 0 Å². The van der Waals surface area contributed by atoms with Crippen molar-refractivity contribution >= 4 is 23.3 Å². The normalized spacial score (nSPS) is 11.6. The molecule has 0 bridgehead atoms. The summed E-state index contributed by atoms with van der Waals surface area (Å²) >= 11 is 0. The van der Waals surface area contributed by atoms with Crippen LogP contribution in [0.4, 0.5) is 6.01 Å². The summed E-state index contributed by atoms with van der Waals surface area (Å²) in [5.41, 5.74) is 8.36. The first-order chi connectivity index (χ1) is 9.29. The molecule has 2 rings (SSSR count). The lowest BCUT2D eigenvalue weighted by atomic mass is 10.1. The van der Waals surface area contributed by atoms with E-state index >= 15 is 0 Å². The molecule has 0 saturated heterocycles. The molecule has 19 heavy (non-hydrogen) atoms. The first kappa shape index (κ1) is 13.6. The maximum Gasteiger partial charge on any atom is 0.292 e. The molecule has 1 heterocycles. The van der Waals surface area contributed by atoms with Crippen molar-refractivity contribution in [3.8, 4) is 0 Å². The summed E-state index contributed by atoms with van der Waals surface area (Å²) in [6.45, 7) is 3.09. The van der Waals surface area contributed by atoms with Gasteiger partial charge in [-0.2, -0.15) is 4.98 Å². The van der Waals surface area contributed by atoms with Gasteiger partial charge in [0.05, 0.1) is 0 Å². The predicted molar refractivity (Wildman–Crippen MR) is 79.6 cm³/mol. The third-order valence-corrected chi connectivity index (χ3v) is 3.04. The van der Waals surface area contributed by atoms with Crippen LogP contribution in [0, 0.1) is 0 Å². The van der Waals surface area contributed by atoms with E-state index < -0.39 is 0 Å². The number of aromatic nitrogens is 1. The highest BCUT2D eigenvalue weighted by atomic mass is 16.4. The molecule has 2 N–H and O–H groups in total. The van der Waals surface area contributed by atoms with Crippen LogP contribution in [0.3, 0.4) is 0 Å². The first-order valence-electron chi connectivity index (χ1n) is 6.93. The fraction of sp³-hybridized carbons (Fsp3) is 0.467. The highest BCUT2D eigenvalue weighted by Crippen LogP contribution is 2.18. The molecule has 4 nitrogen and oxygen atoms in total. The van der Waals surface area contributed by atoms with Gasteiger partial charge in [-0.3, -0.25) is 4.99 Å². The zero-order valence-electron chi connectivity index (χ0n) is 11.4. The standard InChI is InChI=1S/C15H21N3O/c1-2-3-4-9-17-10-5-6-12-7-8-14-13(11-12)18-15(16)19-14/h7-9,11H,2-6,10H2,1H3,(H2,16,18). The van der Waals surface area contributed by atoms with Crippen LogP contribution in [-0.2, 0) is 6.42 Å². The highest BCUT2D eigenvalue weighted by molar-refractivity contribution is 5.74. The van der Waals surface area contributed by atoms with Crippen molar-refractivity contribution in [3.05, 3.63) is 23.8 Å². The Labute approximate surface area is 113 Å². The molecule has 0 spiro atoms. The second-order valence-corrected chi connectivity index (χ2v) is 4.69. The summed E-state index contributed by atoms with van der Waals surface area (Å²) in [5.74, 6) is 0. The fourth-order valence-corrected chi connectivity index (χ4v) is 2.00. The molecule has 4 heteroatoms. The Balaban J connectivity index is 1.79. The zero-order valence-corrected chi connectivity index (χ0v) is 11.4. The number of nitrogens with zero attached hydrogens (tertiary/aromatic N) is 2. The van der Waals surface area contributed by atoms with Crippen molar-refractivity contribution < 1.29 is 4.42 Å². The summed E-state index contributed by atoms with van der Waals surface area (Å²) in [4.78, 5) is 8.54. The van der Waals surface area contributed by atoms with Crippen LogP contribution in [0.1, 0.15) is 38.2 Å². The number of nitrogen functional groups attached to an aromatic ring is 1. The average molecular weight is 259 g/mol. The van der Waals surface area contributed by atoms with Gasteiger partial charge in [0.15, 0.2) is 5.58 Å². The Bertz CT molecular complexity index is 545. The van der Waals surface area contributed by atoms with Gasteiger partial charge in [0.1, 0.15) is 5.52 Å². The molecule has 0 aliphatic rings. The minimum absolute atomic E-state index is 0.229. The number of oxazole rings is 1. The number of hydrogen-bond acceptors (Lipinski definition) is 4. The van der Waals surface area contributed by atoms with Gasteiger partial charge in [-0.05, 0) is 49.6 Å². The lowest BCUT2D eigenvalue weighted by Gasteiger charge is -1.98. The first-order valence-corrected chi connectivity index (χ1v) is 6.93. The molecule has 0 saturated carbocycles. The lowest BCUT2D eigenvalue weighted by Crippen LogP contribution is -1.89. The van der Waals surface area contributed by atoms with Crippen LogP contribution in [0.2, 0.25) is 0 Å². The molecule has 0 aliphatic heterocycles. The Hall–Kier alpha value is -1.84. The topological polar surface area (TPSA) is 64.4 Å². The Kier molecular flexibility index (Phi) is 4.95. The zero-order chi connectivity index (χ0) is 13.5. The predicted octanol–water partition coefficient (Wildman–Crippen LogP) is 3.60. The number of aliphatic imine (C=N–C) groups is 1. The number of benzene rings is 1. The second kappa shape index (κ2) is 6.92. The van der Waals surface area contributed by atoms with Gasteiger partial charge in [0.25, 0.3) is 6.01 Å². The van der Waals surface area contributed by atoms with E-state index in [-0.39, 0.29) is 6.01 Å². The van der Waals surface area contributed by atoms with E-state index in [1.807, 2.05) is 18.3 Å². The number of aryl methyl sites for hydroxylation is 1. The lowest BCUT2D eigenvalue weighted by molar-refractivity contribution is 0.626. The van der Waals surface area contributed by atoms with Crippen molar-refractivity contribution in [2.24, 2.45) is 4.99 Å². The largest absolute Gasteiger partial charge is 0.424 e. The average Bonchev–Trinajstić information content (AvgIpc) is 2.77. The molecule has 0 atom stereocenters. The quantitative estimate of drug-likeness (QED) is 0.610. The third-order valence-electron chi connectivity index (χ3n) is 3.04. The molecule has 1 aromatic carbocycles. The Morgan fingerprint density at radius 3 is 3.11 bits per heavy atom. The van der Waals surface area contributed by atoms with Gasteiger partial charge >= 0.3 is 0 Å². The number of fused-ring (bicyclic) bond motifs is 1. The molecule has 0 amide bonds. The molecule has 0 unspecified atom stereocenters. The summed E-state index contributed by atoms with van der Waals surface area (Å²) in [6, 6.07) is 6.26. The van der Waals surface area contributed by atoms with Gasteiger partial charge in [0.2, 0.25) is 0 Å². The third kappa shape index (κ3) is 4.09. The fourth-order valence-electron chi connectivity index (χ4n) is 2.00. The van der Waals surface area contributed by atoms with E-state index in [0.29, 0.717) is 0 Å². The van der Waals surface area contributed by atoms with Crippen LogP contribution in [-0.4, -0.2) is 17.7 Å². The van der Waals surface area contributed by atoms with Crippen molar-refractivity contribution in [2.75, 3.05) is 12.3 Å². The maximum atomic E-state index is 5.52. The van der Waals surface area contributed by atoms with Crippen molar-refractivity contribution in [2.45, 2.75) is 39.0 Å². The van der Waals surface area contributed by atoms with E-state index in [2.05, 4.69) is 23.0 Å². The van der Waals surface area contributed by atoms with E-state index in [0.717, 1.165) is 36.9 Å². The molecule has 102 valence electrons. The highest BCUT2D eigenvalue weighted by Gasteiger charge is 2.03. The minimum Gasteiger partial charge on any atom is -0.424 e. The van der Waals surface area contributed by atoms with Gasteiger partial charge < -0.3 is 10.2 Å². The second-order valence-electron chi connectivity index (χ2n) is 4.69. The van der Waals surface area contributed by atoms with Gasteiger partial charge in [-0.1, -0.05) is 19.4 Å². The van der Waals surface area contributed by atoms with Crippen molar-refractivity contribution in [1.29, 1.82) is 0 Å². The Morgan fingerprint density at radius 2 is 2.26 bits per heavy atom. The van der Waals surface area contributed by atoms with Crippen molar-refractivity contribution in [1.82, 2.24) is 4.98 Å². The SMILES string of the molecule is CCCCC=NCCCc1ccc2oc(N)nc2c1. The number of anilines is 1. The smallest absolute Gasteiger partial charge is 0.292 e. The molecule has 0 radical (unpaired) electrons. The van der Waals surface area contributed by atoms with Crippen molar-refractivity contribution in [3.63, 3.8) is 0 Å². The summed E-state index contributed by atoms with van der Waals surface area (Å²) < 4.78 is 5.25. The van der Waals surface area contributed by atoms with Crippen LogP contribution in [0.25, 0.3) is 11.1 Å². The molecular weight excluding hydrogens is 238 g/mol. The number of rotatable bonds is 7. The monoisotopic (exact) mass is 259 g/mol.